The van der Waals surface area contributed by atoms with Crippen LogP contribution < -0.4 is 0 Å². The van der Waals surface area contributed by atoms with Crippen LogP contribution in [0, 0.1) is 35.0 Å². The molecule has 0 heteroatoms. The van der Waals surface area contributed by atoms with E-state index >= 15 is 0 Å². The van der Waals surface area contributed by atoms with Gasteiger partial charge in [-0.05, 0) is 54.8 Å². The van der Waals surface area contributed by atoms with Crippen molar-refractivity contribution in [2.24, 2.45) is 35.0 Å². The molecule has 30 heavy (non-hydrogen) atoms. The summed E-state index contributed by atoms with van der Waals surface area (Å²) in [5.41, 5.74) is 1.78. The molecule has 0 aliphatic heterocycles. The molecule has 0 spiro atoms. The van der Waals surface area contributed by atoms with Gasteiger partial charge in [-0.2, -0.15) is 0 Å². The van der Waals surface area contributed by atoms with Crippen molar-refractivity contribution in [3.05, 3.63) is 12.2 Å². The van der Waals surface area contributed by atoms with Gasteiger partial charge in [0.1, 0.15) is 0 Å². The molecule has 0 N–H and O–H groups in total. The number of hydrogen-bond acceptors (Lipinski definition) is 0. The fraction of sp³-hybridized carbons (Fsp3) is 0.933. The minimum atomic E-state index is 0.436. The van der Waals surface area contributed by atoms with Crippen molar-refractivity contribution in [3.8, 4) is 0 Å². The Morgan fingerprint density at radius 2 is 1.07 bits per heavy atom. The molecular weight excluding hydrogens is 360 g/mol. The zero-order chi connectivity index (χ0) is 23.2. The van der Waals surface area contributed by atoms with Gasteiger partial charge in [0.05, 0.1) is 0 Å². The standard InChI is InChI=1S/C30H60/c1-11-30(10,23-25(4)5)29(9)22-21-28(8)20-14-19-27(7)18-13-17-26(6)16-12-15-24(2)3/h24,26-29H,4,11-23H2,1-3,5-10H3. The smallest absolute Gasteiger partial charge is 0.0266 e. The summed E-state index contributed by atoms with van der Waals surface area (Å²) in [5.74, 6) is 4.39. The highest BCUT2D eigenvalue weighted by atomic mass is 14.3. The molecule has 0 amide bonds. The molecule has 5 unspecified atom stereocenters. The van der Waals surface area contributed by atoms with Crippen molar-refractivity contribution in [2.75, 3.05) is 0 Å². The average Bonchev–Trinajstić information content (AvgIpc) is 2.65. The summed E-state index contributed by atoms with van der Waals surface area (Å²) in [5, 5.41) is 0. The molecule has 0 aromatic rings. The highest BCUT2D eigenvalue weighted by Crippen LogP contribution is 2.40. The van der Waals surface area contributed by atoms with Crippen molar-refractivity contribution in [1.82, 2.24) is 0 Å². The van der Waals surface area contributed by atoms with Crippen LogP contribution in [0.5, 0.6) is 0 Å². The quantitative estimate of drug-likeness (QED) is 0.182. The average molecular weight is 421 g/mol. The van der Waals surface area contributed by atoms with Crippen LogP contribution in [0.3, 0.4) is 0 Å². The van der Waals surface area contributed by atoms with Gasteiger partial charge < -0.3 is 0 Å². The second kappa shape index (κ2) is 16.4. The molecule has 0 nitrogen and oxygen atoms in total. The Bertz CT molecular complexity index is 420. The van der Waals surface area contributed by atoms with Gasteiger partial charge in [0.25, 0.3) is 0 Å². The van der Waals surface area contributed by atoms with E-state index < -0.39 is 0 Å². The van der Waals surface area contributed by atoms with Crippen molar-refractivity contribution in [1.29, 1.82) is 0 Å². The van der Waals surface area contributed by atoms with Gasteiger partial charge in [-0.25, -0.2) is 0 Å². The predicted molar refractivity (Wildman–Crippen MR) is 140 cm³/mol. The summed E-state index contributed by atoms with van der Waals surface area (Å²) >= 11 is 0. The van der Waals surface area contributed by atoms with Gasteiger partial charge >= 0.3 is 0 Å². The Labute approximate surface area is 193 Å². The molecular formula is C30H60. The first-order valence-corrected chi connectivity index (χ1v) is 13.6. The second-order valence-electron chi connectivity index (χ2n) is 12.1. The van der Waals surface area contributed by atoms with Gasteiger partial charge in [0.2, 0.25) is 0 Å². The van der Waals surface area contributed by atoms with Crippen molar-refractivity contribution in [2.45, 2.75) is 146 Å². The highest BCUT2D eigenvalue weighted by molar-refractivity contribution is 4.96. The van der Waals surface area contributed by atoms with Crippen LogP contribution in [0.4, 0.5) is 0 Å². The minimum Gasteiger partial charge on any atom is -0.100 e. The number of rotatable bonds is 19. The normalized spacial score (nSPS) is 18.1. The first-order valence-electron chi connectivity index (χ1n) is 13.6. The van der Waals surface area contributed by atoms with Crippen molar-refractivity contribution in [3.63, 3.8) is 0 Å². The van der Waals surface area contributed by atoms with E-state index in [0.717, 1.165) is 29.6 Å². The van der Waals surface area contributed by atoms with E-state index in [0.29, 0.717) is 5.41 Å². The fourth-order valence-corrected chi connectivity index (χ4v) is 5.16. The molecule has 0 radical (unpaired) electrons. The Balaban J connectivity index is 3.91. The molecule has 0 aliphatic carbocycles. The predicted octanol–water partition coefficient (Wildman–Crippen LogP) is 10.9. The summed E-state index contributed by atoms with van der Waals surface area (Å²) in [4.78, 5) is 0. The maximum absolute atomic E-state index is 4.17. The Kier molecular flexibility index (Phi) is 16.2. The molecule has 0 aromatic heterocycles. The van der Waals surface area contributed by atoms with Gasteiger partial charge in [-0.1, -0.05) is 132 Å². The van der Waals surface area contributed by atoms with E-state index in [1.807, 2.05) is 0 Å². The SMILES string of the molecule is C=C(C)CC(C)(CC)C(C)CCC(C)CCCC(C)CCCC(C)CCCC(C)C. The third kappa shape index (κ3) is 14.7. The minimum absolute atomic E-state index is 0.436. The summed E-state index contributed by atoms with van der Waals surface area (Å²) in [6, 6.07) is 0. The molecule has 0 saturated carbocycles. The van der Waals surface area contributed by atoms with Gasteiger partial charge in [-0.15, -0.1) is 6.58 Å². The van der Waals surface area contributed by atoms with Gasteiger partial charge in [0.15, 0.2) is 0 Å². The first kappa shape index (κ1) is 29.7. The third-order valence-electron chi connectivity index (χ3n) is 8.06. The van der Waals surface area contributed by atoms with Crippen LogP contribution in [0.25, 0.3) is 0 Å². The highest BCUT2D eigenvalue weighted by Gasteiger charge is 2.29. The molecule has 0 rings (SSSR count). The third-order valence-corrected chi connectivity index (χ3v) is 8.06. The maximum atomic E-state index is 4.17. The van der Waals surface area contributed by atoms with Gasteiger partial charge in [-0.3, -0.25) is 0 Å². The van der Waals surface area contributed by atoms with Crippen LogP contribution in [-0.2, 0) is 0 Å². The summed E-state index contributed by atoms with van der Waals surface area (Å²) in [6.07, 6.45) is 18.1. The van der Waals surface area contributed by atoms with Gasteiger partial charge in [0, 0.05) is 0 Å². The fourth-order valence-electron chi connectivity index (χ4n) is 5.16. The van der Waals surface area contributed by atoms with Crippen LogP contribution in [-0.4, -0.2) is 0 Å². The van der Waals surface area contributed by atoms with E-state index in [9.17, 15) is 0 Å². The van der Waals surface area contributed by atoms with Crippen LogP contribution in [0.2, 0.25) is 0 Å². The Morgan fingerprint density at radius 1 is 0.667 bits per heavy atom. The molecule has 0 fully saturated rings. The number of hydrogen-bond donors (Lipinski definition) is 0. The summed E-state index contributed by atoms with van der Waals surface area (Å²) < 4.78 is 0. The van der Waals surface area contributed by atoms with Crippen LogP contribution >= 0.6 is 0 Å². The lowest BCUT2D eigenvalue weighted by atomic mass is 9.69. The van der Waals surface area contributed by atoms with E-state index in [4.69, 9.17) is 0 Å². The largest absolute Gasteiger partial charge is 0.100 e. The van der Waals surface area contributed by atoms with E-state index in [1.165, 1.54) is 89.0 Å². The Morgan fingerprint density at radius 3 is 1.43 bits per heavy atom. The molecule has 0 saturated heterocycles. The molecule has 5 atom stereocenters. The van der Waals surface area contributed by atoms with E-state index in [2.05, 4.69) is 68.9 Å². The lowest BCUT2D eigenvalue weighted by molar-refractivity contribution is 0.170. The molecule has 0 aromatic carbocycles. The lowest BCUT2D eigenvalue weighted by Gasteiger charge is -2.36. The molecule has 180 valence electrons. The van der Waals surface area contributed by atoms with E-state index in [1.54, 1.807) is 0 Å². The molecule has 0 heterocycles. The maximum Gasteiger partial charge on any atom is -0.0266 e. The Hall–Kier alpha value is -0.260. The van der Waals surface area contributed by atoms with E-state index in [-0.39, 0.29) is 0 Å². The van der Waals surface area contributed by atoms with Crippen molar-refractivity contribution >= 4 is 0 Å². The summed E-state index contributed by atoms with van der Waals surface area (Å²) in [6.45, 7) is 25.8. The first-order chi connectivity index (χ1) is 14.0. The van der Waals surface area contributed by atoms with Crippen molar-refractivity contribution < 1.29 is 0 Å². The molecule has 0 aliphatic rings. The molecule has 0 bridgehead atoms. The second-order valence-corrected chi connectivity index (χ2v) is 12.1. The lowest BCUT2D eigenvalue weighted by Crippen LogP contribution is -2.25. The zero-order valence-corrected chi connectivity index (χ0v) is 22.8. The topological polar surface area (TPSA) is 0 Å². The zero-order valence-electron chi connectivity index (χ0n) is 22.8. The number of allylic oxidation sites excluding steroid dienone is 1. The van der Waals surface area contributed by atoms with Crippen LogP contribution in [0.15, 0.2) is 12.2 Å². The summed E-state index contributed by atoms with van der Waals surface area (Å²) in [7, 11) is 0. The monoisotopic (exact) mass is 420 g/mol. The van der Waals surface area contributed by atoms with Crippen LogP contribution in [0.1, 0.15) is 146 Å².